The van der Waals surface area contributed by atoms with Crippen molar-refractivity contribution < 1.29 is 0 Å². The summed E-state index contributed by atoms with van der Waals surface area (Å²) in [5.41, 5.74) is 17.0. The van der Waals surface area contributed by atoms with E-state index in [0.29, 0.717) is 24.4 Å². The summed E-state index contributed by atoms with van der Waals surface area (Å²) in [6, 6.07) is 36.2. The van der Waals surface area contributed by atoms with Crippen LogP contribution in [-0.2, 0) is 5.41 Å². The molecule has 3 heteroatoms. The Morgan fingerprint density at radius 2 is 1.29 bits per heavy atom. The molecule has 0 bridgehead atoms. The lowest BCUT2D eigenvalue weighted by molar-refractivity contribution is 0.406. The molecule has 0 spiro atoms. The molecule has 6 aliphatic rings. The van der Waals surface area contributed by atoms with Crippen molar-refractivity contribution in [2.24, 2.45) is 5.92 Å². The van der Waals surface area contributed by atoms with E-state index in [1.165, 1.54) is 120 Å². The van der Waals surface area contributed by atoms with Crippen LogP contribution >= 0.6 is 0 Å². The first kappa shape index (κ1) is 35.9. The fourth-order valence-electron chi connectivity index (χ4n) is 11.7. The van der Waals surface area contributed by atoms with Crippen molar-refractivity contribution in [3.05, 3.63) is 160 Å². The number of allylic oxidation sites excluding steroid dienone is 4. The number of nitrogens with zero attached hydrogens (tertiary/aromatic N) is 2. The van der Waals surface area contributed by atoms with Crippen LogP contribution in [-0.4, -0.2) is 18.8 Å². The molecule has 0 amide bonds. The molecule has 2 heterocycles. The van der Waals surface area contributed by atoms with Crippen LogP contribution in [0.5, 0.6) is 0 Å². The van der Waals surface area contributed by atoms with Gasteiger partial charge in [0.2, 0.25) is 6.71 Å². The van der Waals surface area contributed by atoms with Gasteiger partial charge >= 0.3 is 0 Å². The molecule has 0 aromatic heterocycles. The number of anilines is 4. The van der Waals surface area contributed by atoms with Crippen LogP contribution in [0.3, 0.4) is 0 Å². The van der Waals surface area contributed by atoms with E-state index in [4.69, 9.17) is 0 Å². The van der Waals surface area contributed by atoms with Crippen LogP contribution in [0, 0.1) is 12.8 Å². The third kappa shape index (κ3) is 6.16. The van der Waals surface area contributed by atoms with Gasteiger partial charge in [0.25, 0.3) is 0 Å². The van der Waals surface area contributed by atoms with E-state index in [1.807, 2.05) is 0 Å². The topological polar surface area (TPSA) is 6.48 Å². The molecule has 284 valence electrons. The first-order valence-electron chi connectivity index (χ1n) is 22.1. The summed E-state index contributed by atoms with van der Waals surface area (Å²) in [4.78, 5) is 5.52. The largest absolute Gasteiger partial charge is 0.335 e. The smallest absolute Gasteiger partial charge is 0.221 e. The van der Waals surface area contributed by atoms with Crippen molar-refractivity contribution in [2.45, 2.75) is 128 Å². The summed E-state index contributed by atoms with van der Waals surface area (Å²) in [6.45, 7) is 9.70. The van der Waals surface area contributed by atoms with Gasteiger partial charge in [-0.15, -0.1) is 0 Å². The molecule has 0 N–H and O–H groups in total. The lowest BCUT2D eigenvalue weighted by Crippen LogP contribution is -2.61. The third-order valence-electron chi connectivity index (χ3n) is 14.9. The second-order valence-electron chi connectivity index (χ2n) is 18.7. The van der Waals surface area contributed by atoms with Crippen LogP contribution in [0.1, 0.15) is 120 Å². The van der Waals surface area contributed by atoms with Crippen LogP contribution in [0.25, 0.3) is 0 Å². The molecule has 2 saturated carbocycles. The minimum absolute atomic E-state index is 0.190. The fourth-order valence-corrected chi connectivity index (χ4v) is 11.7. The van der Waals surface area contributed by atoms with Gasteiger partial charge in [0.1, 0.15) is 0 Å². The van der Waals surface area contributed by atoms with E-state index < -0.39 is 0 Å². The Hall–Kier alpha value is -4.50. The lowest BCUT2D eigenvalue weighted by atomic mass is 9.27. The Labute approximate surface area is 337 Å². The van der Waals surface area contributed by atoms with E-state index in [2.05, 4.69) is 159 Å². The molecule has 4 aliphatic carbocycles. The van der Waals surface area contributed by atoms with E-state index in [9.17, 15) is 0 Å². The first-order chi connectivity index (χ1) is 27.3. The van der Waals surface area contributed by atoms with E-state index in [0.717, 1.165) is 6.42 Å². The van der Waals surface area contributed by atoms with E-state index in [1.54, 1.807) is 11.0 Å². The summed E-state index contributed by atoms with van der Waals surface area (Å²) in [5.74, 6) is 1.74. The van der Waals surface area contributed by atoms with Gasteiger partial charge in [-0.05, 0) is 128 Å². The maximum Gasteiger partial charge on any atom is 0.221 e. The van der Waals surface area contributed by atoms with Gasteiger partial charge in [-0.2, -0.15) is 0 Å². The minimum Gasteiger partial charge on any atom is -0.335 e. The van der Waals surface area contributed by atoms with Crippen molar-refractivity contribution in [2.75, 3.05) is 9.80 Å². The van der Waals surface area contributed by atoms with Gasteiger partial charge < -0.3 is 9.80 Å². The molecule has 2 aliphatic heterocycles. The zero-order valence-corrected chi connectivity index (χ0v) is 34.2. The Morgan fingerprint density at radius 3 is 1.98 bits per heavy atom. The molecule has 56 heavy (non-hydrogen) atoms. The normalized spacial score (nSPS) is 23.8. The van der Waals surface area contributed by atoms with Gasteiger partial charge in [-0.3, -0.25) is 0 Å². The van der Waals surface area contributed by atoms with Crippen molar-refractivity contribution in [1.29, 1.82) is 0 Å². The van der Waals surface area contributed by atoms with Crippen molar-refractivity contribution in [3.63, 3.8) is 0 Å². The summed E-state index contributed by atoms with van der Waals surface area (Å²) in [5, 5.41) is 0. The van der Waals surface area contributed by atoms with Gasteiger partial charge in [-0.1, -0.05) is 154 Å². The second-order valence-corrected chi connectivity index (χ2v) is 18.7. The molecule has 4 aromatic carbocycles. The van der Waals surface area contributed by atoms with Gasteiger partial charge in [0.05, 0.1) is 12.1 Å². The maximum absolute atomic E-state index is 2.80. The number of hydrogen-bond donors (Lipinski definition) is 0. The van der Waals surface area contributed by atoms with E-state index >= 15 is 0 Å². The standard InChI is InChI=1S/C53H59BN2/c1-36-20-26-44(27-21-36)55-48-30-22-37(2)32-46(48)54-47-33-41(39-16-10-6-11-17-39)25-31-49(47)56(45-28-23-40(24-29-45)38-14-8-5-9-15-38)51-35-43(34-50(55)52(51)54)53(3,4)42-18-12-7-13-19-42/h7,12-13,18-30,32-35,38-39,46,48-49H,5-6,8-11,14-17,31H2,1-4H3. The van der Waals surface area contributed by atoms with Crippen molar-refractivity contribution in [1.82, 2.24) is 0 Å². The highest BCUT2D eigenvalue weighted by atomic mass is 15.2. The van der Waals surface area contributed by atoms with Crippen molar-refractivity contribution >= 4 is 34.9 Å². The molecule has 2 fully saturated rings. The zero-order chi connectivity index (χ0) is 38.0. The van der Waals surface area contributed by atoms with Crippen LogP contribution < -0.4 is 15.3 Å². The number of benzene rings is 4. The second kappa shape index (κ2) is 14.5. The molecule has 4 aromatic rings. The zero-order valence-electron chi connectivity index (χ0n) is 34.2. The molecular formula is C53H59BN2. The molecule has 0 radical (unpaired) electrons. The van der Waals surface area contributed by atoms with E-state index in [-0.39, 0.29) is 17.5 Å². The third-order valence-corrected chi connectivity index (χ3v) is 14.9. The monoisotopic (exact) mass is 734 g/mol. The number of fused-ring (bicyclic) bond motifs is 4. The number of aryl methyl sites for hydroxylation is 1. The molecule has 3 atom stereocenters. The van der Waals surface area contributed by atoms with Crippen LogP contribution in [0.4, 0.5) is 22.7 Å². The quantitative estimate of drug-likeness (QED) is 0.182. The minimum atomic E-state index is -0.190. The predicted octanol–water partition coefficient (Wildman–Crippen LogP) is 13.4. The maximum atomic E-state index is 2.80. The highest BCUT2D eigenvalue weighted by Crippen LogP contribution is 2.53. The Balaban J connectivity index is 1.23. The first-order valence-corrected chi connectivity index (χ1v) is 22.1. The Kier molecular flexibility index (Phi) is 9.27. The average molecular weight is 735 g/mol. The highest BCUT2D eigenvalue weighted by molar-refractivity contribution is 6.85. The number of rotatable bonds is 6. The molecule has 3 unspecified atom stereocenters. The fraction of sp³-hybridized carbons (Fsp3) is 0.396. The van der Waals surface area contributed by atoms with Gasteiger partial charge in [0, 0.05) is 28.2 Å². The Morgan fingerprint density at radius 1 is 0.661 bits per heavy atom. The Bertz CT molecular complexity index is 2210. The van der Waals surface area contributed by atoms with Crippen LogP contribution in [0.15, 0.2) is 138 Å². The number of hydrogen-bond acceptors (Lipinski definition) is 2. The summed E-state index contributed by atoms with van der Waals surface area (Å²) >= 11 is 0. The average Bonchev–Trinajstić information content (AvgIpc) is 3.25. The highest BCUT2D eigenvalue weighted by Gasteiger charge is 2.52. The molecule has 2 nitrogen and oxygen atoms in total. The van der Waals surface area contributed by atoms with Gasteiger partial charge in [-0.25, -0.2) is 0 Å². The molecule has 10 rings (SSSR count). The predicted molar refractivity (Wildman–Crippen MR) is 240 cm³/mol. The molecular weight excluding hydrogens is 675 g/mol. The summed E-state index contributed by atoms with van der Waals surface area (Å²) in [6.07, 6.45) is 27.6. The van der Waals surface area contributed by atoms with Gasteiger partial charge in [0.15, 0.2) is 0 Å². The summed E-state index contributed by atoms with van der Waals surface area (Å²) < 4.78 is 0. The molecule has 0 saturated heterocycles. The summed E-state index contributed by atoms with van der Waals surface area (Å²) in [7, 11) is 0. The van der Waals surface area contributed by atoms with Crippen LogP contribution in [0.2, 0.25) is 5.82 Å². The van der Waals surface area contributed by atoms with Crippen molar-refractivity contribution in [3.8, 4) is 0 Å². The SMILES string of the molecule is CC1=CC2B3C4=CC(C5CCCCC5)=CCC4N(c4ccc(C5CCCCC5)cc4)c4cc(C(C)(C)c5ccccc5)cc(c43)N(c3ccc(C)cc3)C2C=C1. The lowest BCUT2D eigenvalue weighted by Gasteiger charge is -2.54.